The van der Waals surface area contributed by atoms with Crippen LogP contribution in [-0.4, -0.2) is 22.8 Å². The molecule has 0 aromatic heterocycles. The maximum Gasteiger partial charge on any atom is 0.335 e. The molecular weight excluding hydrogens is 182 g/mol. The topological polar surface area (TPSA) is 83.5 Å². The van der Waals surface area contributed by atoms with E-state index in [1.54, 1.807) is 19.1 Å². The SMILES string of the molecule is Cc1ccc([C@@H](N)CO)cc1C(=O)O. The van der Waals surface area contributed by atoms with Gasteiger partial charge in [0.15, 0.2) is 0 Å². The van der Waals surface area contributed by atoms with E-state index in [0.717, 1.165) is 0 Å². The first kappa shape index (κ1) is 10.7. The summed E-state index contributed by atoms with van der Waals surface area (Å²) >= 11 is 0. The molecule has 0 radical (unpaired) electrons. The van der Waals surface area contributed by atoms with Crippen molar-refractivity contribution in [3.63, 3.8) is 0 Å². The van der Waals surface area contributed by atoms with Crippen molar-refractivity contribution in [1.82, 2.24) is 0 Å². The summed E-state index contributed by atoms with van der Waals surface area (Å²) in [6, 6.07) is 4.39. The van der Waals surface area contributed by atoms with E-state index in [2.05, 4.69) is 0 Å². The summed E-state index contributed by atoms with van der Waals surface area (Å²) in [4.78, 5) is 10.8. The molecule has 0 saturated carbocycles. The third-order valence-electron chi connectivity index (χ3n) is 2.12. The normalized spacial score (nSPS) is 12.5. The Labute approximate surface area is 82.0 Å². The van der Waals surface area contributed by atoms with E-state index < -0.39 is 12.0 Å². The third kappa shape index (κ3) is 2.10. The van der Waals surface area contributed by atoms with Gasteiger partial charge < -0.3 is 15.9 Å². The molecule has 4 nitrogen and oxygen atoms in total. The molecule has 0 aliphatic carbocycles. The summed E-state index contributed by atoms with van der Waals surface area (Å²) in [6.45, 7) is 1.53. The van der Waals surface area contributed by atoms with Gasteiger partial charge in [-0.3, -0.25) is 0 Å². The molecule has 0 aliphatic heterocycles. The van der Waals surface area contributed by atoms with Crippen LogP contribution in [0.1, 0.15) is 27.5 Å². The van der Waals surface area contributed by atoms with Crippen molar-refractivity contribution in [3.8, 4) is 0 Å². The van der Waals surface area contributed by atoms with Crippen LogP contribution in [0.5, 0.6) is 0 Å². The summed E-state index contributed by atoms with van der Waals surface area (Å²) in [5.41, 5.74) is 7.12. The number of nitrogens with two attached hydrogens (primary N) is 1. The summed E-state index contributed by atoms with van der Waals surface area (Å²) in [7, 11) is 0. The van der Waals surface area contributed by atoms with Crippen LogP contribution < -0.4 is 5.73 Å². The minimum Gasteiger partial charge on any atom is -0.478 e. The van der Waals surface area contributed by atoms with E-state index in [-0.39, 0.29) is 12.2 Å². The monoisotopic (exact) mass is 195 g/mol. The smallest absolute Gasteiger partial charge is 0.335 e. The highest BCUT2D eigenvalue weighted by Gasteiger charge is 2.10. The van der Waals surface area contributed by atoms with Gasteiger partial charge in [-0.15, -0.1) is 0 Å². The molecule has 1 aromatic rings. The lowest BCUT2D eigenvalue weighted by Gasteiger charge is -2.10. The zero-order valence-corrected chi connectivity index (χ0v) is 7.90. The fourth-order valence-corrected chi connectivity index (χ4v) is 1.21. The Kier molecular flexibility index (Phi) is 3.22. The van der Waals surface area contributed by atoms with Gasteiger partial charge in [0, 0.05) is 0 Å². The molecule has 1 rings (SSSR count). The number of hydrogen-bond donors (Lipinski definition) is 3. The fraction of sp³-hybridized carbons (Fsp3) is 0.300. The van der Waals surface area contributed by atoms with E-state index in [4.69, 9.17) is 15.9 Å². The van der Waals surface area contributed by atoms with Crippen molar-refractivity contribution in [2.75, 3.05) is 6.61 Å². The number of aryl methyl sites for hydroxylation is 1. The first-order valence-electron chi connectivity index (χ1n) is 4.26. The van der Waals surface area contributed by atoms with Crippen LogP contribution in [0.15, 0.2) is 18.2 Å². The number of aliphatic hydroxyl groups is 1. The predicted octanol–water partition coefficient (Wildman–Crippen LogP) is 0.685. The Balaban J connectivity index is 3.12. The van der Waals surface area contributed by atoms with Gasteiger partial charge in [0.2, 0.25) is 0 Å². The summed E-state index contributed by atoms with van der Waals surface area (Å²) in [5.74, 6) is -0.977. The largest absolute Gasteiger partial charge is 0.478 e. The van der Waals surface area contributed by atoms with E-state index in [0.29, 0.717) is 11.1 Å². The first-order chi connectivity index (χ1) is 6.56. The number of rotatable bonds is 3. The number of carbonyl (C=O) groups is 1. The molecule has 4 N–H and O–H groups in total. The number of benzene rings is 1. The molecule has 0 heterocycles. The second-order valence-electron chi connectivity index (χ2n) is 3.17. The van der Waals surface area contributed by atoms with Crippen molar-refractivity contribution in [2.24, 2.45) is 5.73 Å². The average Bonchev–Trinajstić information content (AvgIpc) is 2.17. The minimum absolute atomic E-state index is 0.192. The highest BCUT2D eigenvalue weighted by atomic mass is 16.4. The van der Waals surface area contributed by atoms with Gasteiger partial charge >= 0.3 is 5.97 Å². The lowest BCUT2D eigenvalue weighted by Crippen LogP contribution is -2.15. The van der Waals surface area contributed by atoms with Crippen molar-refractivity contribution in [2.45, 2.75) is 13.0 Å². The molecule has 76 valence electrons. The number of aromatic carboxylic acids is 1. The van der Waals surface area contributed by atoms with Crippen LogP contribution in [0.25, 0.3) is 0 Å². The van der Waals surface area contributed by atoms with Crippen molar-refractivity contribution < 1.29 is 15.0 Å². The van der Waals surface area contributed by atoms with Crippen LogP contribution in [0.2, 0.25) is 0 Å². The van der Waals surface area contributed by atoms with Crippen molar-refractivity contribution in [1.29, 1.82) is 0 Å². The molecule has 0 bridgehead atoms. The first-order valence-corrected chi connectivity index (χ1v) is 4.26. The van der Waals surface area contributed by atoms with Crippen LogP contribution >= 0.6 is 0 Å². The Hall–Kier alpha value is -1.39. The van der Waals surface area contributed by atoms with Gasteiger partial charge in [0.05, 0.1) is 18.2 Å². The lowest BCUT2D eigenvalue weighted by molar-refractivity contribution is 0.0696. The zero-order valence-electron chi connectivity index (χ0n) is 7.90. The van der Waals surface area contributed by atoms with Crippen LogP contribution in [0, 0.1) is 6.92 Å². The van der Waals surface area contributed by atoms with Gasteiger partial charge in [0.25, 0.3) is 0 Å². The van der Waals surface area contributed by atoms with Crippen LogP contribution in [-0.2, 0) is 0 Å². The summed E-state index contributed by atoms with van der Waals surface area (Å²) < 4.78 is 0. The molecule has 0 fully saturated rings. The fourth-order valence-electron chi connectivity index (χ4n) is 1.21. The van der Waals surface area contributed by atoms with E-state index >= 15 is 0 Å². The third-order valence-corrected chi connectivity index (χ3v) is 2.12. The Morgan fingerprint density at radius 3 is 2.71 bits per heavy atom. The highest BCUT2D eigenvalue weighted by molar-refractivity contribution is 5.89. The lowest BCUT2D eigenvalue weighted by atomic mass is 10.0. The van der Waals surface area contributed by atoms with Gasteiger partial charge in [-0.25, -0.2) is 4.79 Å². The Morgan fingerprint density at radius 2 is 2.21 bits per heavy atom. The van der Waals surface area contributed by atoms with Gasteiger partial charge in [-0.05, 0) is 24.1 Å². The molecule has 0 saturated heterocycles. The van der Waals surface area contributed by atoms with Gasteiger partial charge in [-0.1, -0.05) is 12.1 Å². The van der Waals surface area contributed by atoms with Crippen molar-refractivity contribution in [3.05, 3.63) is 34.9 Å². The average molecular weight is 195 g/mol. The van der Waals surface area contributed by atoms with Crippen LogP contribution in [0.3, 0.4) is 0 Å². The molecule has 0 spiro atoms. The number of carboxylic acid groups (broad SMARTS) is 1. The van der Waals surface area contributed by atoms with E-state index in [1.807, 2.05) is 0 Å². The molecular formula is C10H13NO3. The highest BCUT2D eigenvalue weighted by Crippen LogP contribution is 2.15. The van der Waals surface area contributed by atoms with Gasteiger partial charge in [0.1, 0.15) is 0 Å². The van der Waals surface area contributed by atoms with E-state index in [9.17, 15) is 4.79 Å². The molecule has 1 atom stereocenters. The quantitative estimate of drug-likeness (QED) is 0.662. The molecule has 0 amide bonds. The van der Waals surface area contributed by atoms with Crippen molar-refractivity contribution >= 4 is 5.97 Å². The zero-order chi connectivity index (χ0) is 10.7. The number of carboxylic acids is 1. The molecule has 4 heteroatoms. The maximum absolute atomic E-state index is 10.8. The maximum atomic E-state index is 10.8. The number of aliphatic hydroxyl groups excluding tert-OH is 1. The Morgan fingerprint density at radius 1 is 1.57 bits per heavy atom. The Bertz CT molecular complexity index is 349. The van der Waals surface area contributed by atoms with E-state index in [1.165, 1.54) is 6.07 Å². The summed E-state index contributed by atoms with van der Waals surface area (Å²) in [6.07, 6.45) is 0. The molecule has 14 heavy (non-hydrogen) atoms. The minimum atomic E-state index is -0.977. The van der Waals surface area contributed by atoms with Gasteiger partial charge in [-0.2, -0.15) is 0 Å². The second-order valence-corrected chi connectivity index (χ2v) is 3.17. The molecule has 0 unspecified atom stereocenters. The molecule has 0 aliphatic rings. The summed E-state index contributed by atoms with van der Waals surface area (Å²) in [5, 5.41) is 17.7. The predicted molar refractivity (Wildman–Crippen MR) is 52.2 cm³/mol. The standard InChI is InChI=1S/C10H13NO3/c1-6-2-3-7(9(11)5-12)4-8(6)10(13)14/h2-4,9,12H,5,11H2,1H3,(H,13,14)/t9-/m0/s1. The molecule has 1 aromatic carbocycles. The second kappa shape index (κ2) is 4.21. The van der Waals surface area contributed by atoms with Crippen LogP contribution in [0.4, 0.5) is 0 Å². The number of hydrogen-bond acceptors (Lipinski definition) is 3.